The molecule has 0 aliphatic carbocycles. The molecule has 0 aliphatic heterocycles. The van der Waals surface area contributed by atoms with Crippen LogP contribution in [-0.2, 0) is 14.8 Å². The SMILES string of the molecule is Cc1ccc(C)c(N(CCCC(=O)Nc2cccc(Cl)c2)S(C)(=O)=O)c1. The van der Waals surface area contributed by atoms with E-state index in [0.717, 1.165) is 11.1 Å². The summed E-state index contributed by atoms with van der Waals surface area (Å²) in [5, 5.41) is 3.31. The predicted molar refractivity (Wildman–Crippen MR) is 107 cm³/mol. The molecule has 0 saturated heterocycles. The van der Waals surface area contributed by atoms with Gasteiger partial charge in [0.25, 0.3) is 0 Å². The summed E-state index contributed by atoms with van der Waals surface area (Å²) in [6.07, 6.45) is 1.80. The number of carbonyl (C=O) groups excluding carboxylic acids is 1. The standard InChI is InChI=1S/C19H23ClN2O3S/c1-14-9-10-15(2)18(12-14)22(26(3,24)25)11-5-8-19(23)21-17-7-4-6-16(20)13-17/h4,6-7,9-10,12-13H,5,8,11H2,1-3H3,(H,21,23). The number of hydrogen-bond donors (Lipinski definition) is 1. The highest BCUT2D eigenvalue weighted by Gasteiger charge is 2.19. The van der Waals surface area contributed by atoms with E-state index in [0.29, 0.717) is 22.8 Å². The largest absolute Gasteiger partial charge is 0.326 e. The zero-order chi connectivity index (χ0) is 19.3. The van der Waals surface area contributed by atoms with Gasteiger partial charge in [-0.2, -0.15) is 0 Å². The summed E-state index contributed by atoms with van der Waals surface area (Å²) in [4.78, 5) is 12.1. The van der Waals surface area contributed by atoms with Crippen molar-refractivity contribution in [3.05, 3.63) is 58.6 Å². The van der Waals surface area contributed by atoms with Crippen molar-refractivity contribution >= 4 is 38.9 Å². The first-order valence-electron chi connectivity index (χ1n) is 8.27. The Balaban J connectivity index is 2.02. The summed E-state index contributed by atoms with van der Waals surface area (Å²) in [7, 11) is -3.44. The molecule has 0 unspecified atom stereocenters. The van der Waals surface area contributed by atoms with Gasteiger partial charge in [-0.05, 0) is 55.7 Å². The van der Waals surface area contributed by atoms with Crippen LogP contribution in [0.1, 0.15) is 24.0 Å². The lowest BCUT2D eigenvalue weighted by Crippen LogP contribution is -2.32. The lowest BCUT2D eigenvalue weighted by atomic mass is 10.1. The molecule has 2 aromatic carbocycles. The van der Waals surface area contributed by atoms with Crippen LogP contribution in [0.2, 0.25) is 5.02 Å². The Labute approximate surface area is 160 Å². The lowest BCUT2D eigenvalue weighted by molar-refractivity contribution is -0.116. The average molecular weight is 395 g/mol. The first kappa shape index (κ1) is 20.3. The van der Waals surface area contributed by atoms with Crippen LogP contribution in [0.15, 0.2) is 42.5 Å². The number of nitrogens with zero attached hydrogens (tertiary/aromatic N) is 1. The molecule has 0 fully saturated rings. The molecule has 2 aromatic rings. The third-order valence-corrected chi connectivity index (χ3v) is 5.32. The van der Waals surface area contributed by atoms with Gasteiger partial charge < -0.3 is 5.32 Å². The van der Waals surface area contributed by atoms with Crippen LogP contribution in [0, 0.1) is 13.8 Å². The van der Waals surface area contributed by atoms with Crippen LogP contribution in [-0.4, -0.2) is 27.1 Å². The molecule has 140 valence electrons. The van der Waals surface area contributed by atoms with Gasteiger partial charge >= 0.3 is 0 Å². The number of sulfonamides is 1. The minimum absolute atomic E-state index is 0.179. The van der Waals surface area contributed by atoms with Crippen LogP contribution in [0.5, 0.6) is 0 Å². The van der Waals surface area contributed by atoms with Crippen LogP contribution >= 0.6 is 11.6 Å². The Morgan fingerprint density at radius 1 is 1.15 bits per heavy atom. The molecule has 0 radical (unpaired) electrons. The highest BCUT2D eigenvalue weighted by Crippen LogP contribution is 2.24. The quantitative estimate of drug-likeness (QED) is 0.767. The third-order valence-electron chi connectivity index (χ3n) is 3.91. The molecule has 0 saturated carbocycles. The van der Waals surface area contributed by atoms with Gasteiger partial charge in [0.15, 0.2) is 0 Å². The van der Waals surface area contributed by atoms with E-state index >= 15 is 0 Å². The van der Waals surface area contributed by atoms with Gasteiger partial charge in [-0.3, -0.25) is 9.10 Å². The van der Waals surface area contributed by atoms with Crippen molar-refractivity contribution in [2.45, 2.75) is 26.7 Å². The normalized spacial score (nSPS) is 11.2. The fourth-order valence-corrected chi connectivity index (χ4v) is 3.83. The third kappa shape index (κ3) is 5.75. The van der Waals surface area contributed by atoms with Crippen LogP contribution < -0.4 is 9.62 Å². The van der Waals surface area contributed by atoms with E-state index in [4.69, 9.17) is 11.6 Å². The molecular weight excluding hydrogens is 372 g/mol. The van der Waals surface area contributed by atoms with Crippen LogP contribution in [0.3, 0.4) is 0 Å². The van der Waals surface area contributed by atoms with Crippen molar-refractivity contribution in [1.82, 2.24) is 0 Å². The Bertz CT molecular complexity index is 897. The summed E-state index contributed by atoms with van der Waals surface area (Å²) in [5.41, 5.74) is 3.14. The Morgan fingerprint density at radius 2 is 1.88 bits per heavy atom. The van der Waals surface area contributed by atoms with Crippen molar-refractivity contribution in [2.24, 2.45) is 0 Å². The van der Waals surface area contributed by atoms with E-state index in [1.54, 1.807) is 24.3 Å². The Hall–Kier alpha value is -2.05. The van der Waals surface area contributed by atoms with Crippen molar-refractivity contribution in [1.29, 1.82) is 0 Å². The number of carbonyl (C=O) groups is 1. The fraction of sp³-hybridized carbons (Fsp3) is 0.316. The van der Waals surface area contributed by atoms with Gasteiger partial charge in [-0.25, -0.2) is 8.42 Å². The fourth-order valence-electron chi connectivity index (χ4n) is 2.63. The number of hydrogen-bond acceptors (Lipinski definition) is 3. The number of amides is 1. The van der Waals surface area contributed by atoms with Gasteiger partial charge in [0.1, 0.15) is 0 Å². The molecule has 2 rings (SSSR count). The molecule has 5 nitrogen and oxygen atoms in total. The van der Waals surface area contributed by atoms with Gasteiger partial charge in [0, 0.05) is 23.7 Å². The monoisotopic (exact) mass is 394 g/mol. The van der Waals surface area contributed by atoms with Crippen LogP contribution in [0.25, 0.3) is 0 Å². The number of anilines is 2. The van der Waals surface area contributed by atoms with Gasteiger partial charge in [0.2, 0.25) is 15.9 Å². The van der Waals surface area contributed by atoms with Gasteiger partial charge in [-0.1, -0.05) is 29.8 Å². The molecule has 0 atom stereocenters. The first-order valence-corrected chi connectivity index (χ1v) is 10.5. The molecule has 0 heterocycles. The molecule has 0 spiro atoms. The molecule has 0 aliphatic rings. The maximum absolute atomic E-state index is 12.2. The summed E-state index contributed by atoms with van der Waals surface area (Å²) < 4.78 is 25.8. The Kier molecular flexibility index (Phi) is 6.67. The zero-order valence-corrected chi connectivity index (χ0v) is 16.7. The smallest absolute Gasteiger partial charge is 0.232 e. The second-order valence-corrected chi connectivity index (χ2v) is 8.63. The second kappa shape index (κ2) is 8.56. The van der Waals surface area contributed by atoms with E-state index in [1.165, 1.54) is 10.6 Å². The number of rotatable bonds is 7. The highest BCUT2D eigenvalue weighted by atomic mass is 35.5. The number of halogens is 1. The van der Waals surface area contributed by atoms with E-state index in [1.807, 2.05) is 32.0 Å². The molecule has 26 heavy (non-hydrogen) atoms. The summed E-state index contributed by atoms with van der Waals surface area (Å²) >= 11 is 5.90. The number of aryl methyl sites for hydroxylation is 2. The molecule has 1 N–H and O–H groups in total. The molecular formula is C19H23ClN2O3S. The molecule has 1 amide bonds. The van der Waals surface area contributed by atoms with E-state index in [9.17, 15) is 13.2 Å². The lowest BCUT2D eigenvalue weighted by Gasteiger charge is -2.24. The maximum atomic E-state index is 12.2. The van der Waals surface area contributed by atoms with Crippen molar-refractivity contribution < 1.29 is 13.2 Å². The summed E-state index contributed by atoms with van der Waals surface area (Å²) in [6.45, 7) is 4.03. The topological polar surface area (TPSA) is 66.5 Å². The Morgan fingerprint density at radius 3 is 2.54 bits per heavy atom. The molecule has 7 heteroatoms. The van der Waals surface area contributed by atoms with Crippen LogP contribution in [0.4, 0.5) is 11.4 Å². The van der Waals surface area contributed by atoms with Crippen molar-refractivity contribution in [3.8, 4) is 0 Å². The predicted octanol–water partition coefficient (Wildman–Crippen LogP) is 4.14. The zero-order valence-electron chi connectivity index (χ0n) is 15.1. The molecule has 0 bridgehead atoms. The molecule has 0 aromatic heterocycles. The number of benzene rings is 2. The van der Waals surface area contributed by atoms with Crippen molar-refractivity contribution in [2.75, 3.05) is 22.4 Å². The van der Waals surface area contributed by atoms with Crippen molar-refractivity contribution in [3.63, 3.8) is 0 Å². The number of nitrogens with one attached hydrogen (secondary N) is 1. The minimum Gasteiger partial charge on any atom is -0.326 e. The summed E-state index contributed by atoms with van der Waals surface area (Å²) in [6, 6.07) is 12.6. The minimum atomic E-state index is -3.44. The average Bonchev–Trinajstić information content (AvgIpc) is 2.53. The maximum Gasteiger partial charge on any atom is 0.232 e. The van der Waals surface area contributed by atoms with E-state index < -0.39 is 10.0 Å². The highest BCUT2D eigenvalue weighted by molar-refractivity contribution is 7.92. The van der Waals surface area contributed by atoms with Gasteiger partial charge in [0.05, 0.1) is 11.9 Å². The first-order chi connectivity index (χ1) is 12.2. The second-order valence-electron chi connectivity index (χ2n) is 6.29. The van der Waals surface area contributed by atoms with E-state index in [-0.39, 0.29) is 18.9 Å². The summed E-state index contributed by atoms with van der Waals surface area (Å²) in [5.74, 6) is -0.179. The van der Waals surface area contributed by atoms with E-state index in [2.05, 4.69) is 5.32 Å². The van der Waals surface area contributed by atoms with Gasteiger partial charge in [-0.15, -0.1) is 0 Å².